The molecule has 1 fully saturated rings. The van der Waals surface area contributed by atoms with Gasteiger partial charge in [0.1, 0.15) is 30.2 Å². The molecule has 2 rings (SSSR count). The molecule has 0 spiro atoms. The van der Waals surface area contributed by atoms with Gasteiger partial charge < -0.3 is 94.1 Å². The number of nitrogens with two attached hydrogens (primary N) is 3. The molecule has 37 nitrogen and oxygen atoms in total. The molecular weight excluding hydrogens is 1550 g/mol. The van der Waals surface area contributed by atoms with Crippen molar-refractivity contribution in [2.75, 3.05) is 31.3 Å². The zero-order chi connectivity index (χ0) is 87.1. The van der Waals surface area contributed by atoms with Gasteiger partial charge in [0.15, 0.2) is 35.2 Å². The van der Waals surface area contributed by atoms with E-state index in [0.717, 1.165) is 28.5 Å². The van der Waals surface area contributed by atoms with Crippen LogP contribution in [0.5, 0.6) is 0 Å². The fourth-order valence-electron chi connectivity index (χ4n) is 12.8. The minimum atomic E-state index is -1.94. The number of benzene rings is 1. The first-order valence-electron chi connectivity index (χ1n) is 38.6. The average molecular weight is 1670 g/mol. The van der Waals surface area contributed by atoms with Gasteiger partial charge in [0.2, 0.25) is 41.4 Å². The molecule has 1 aromatic carbocycles. The number of aliphatic carboxylic acids is 3. The van der Waals surface area contributed by atoms with E-state index in [4.69, 9.17) is 26.7 Å². The number of aliphatic hydroxyl groups is 5. The van der Waals surface area contributed by atoms with Crippen LogP contribution in [0.1, 0.15) is 177 Å². The van der Waals surface area contributed by atoms with Crippen molar-refractivity contribution in [3.63, 3.8) is 0 Å². The van der Waals surface area contributed by atoms with E-state index >= 15 is 0 Å². The van der Waals surface area contributed by atoms with Gasteiger partial charge in [-0.15, -0.1) is 0 Å². The lowest BCUT2D eigenvalue weighted by molar-refractivity contribution is -0.299. The molecule has 0 bridgehead atoms. The smallest absolute Gasteiger partial charge is 0.305 e. The van der Waals surface area contributed by atoms with E-state index in [0.29, 0.717) is 5.56 Å². The molecular formula is C76H119N11O26S2. The first-order valence-corrected chi connectivity index (χ1v) is 41.1. The summed E-state index contributed by atoms with van der Waals surface area (Å²) in [4.78, 5) is 221. The number of primary amides is 2. The van der Waals surface area contributed by atoms with Gasteiger partial charge in [-0.2, -0.15) is 0 Å². The number of rotatable bonds is 61. The summed E-state index contributed by atoms with van der Waals surface area (Å²) >= 11 is 0. The van der Waals surface area contributed by atoms with Gasteiger partial charge in [-0.1, -0.05) is 125 Å². The Morgan fingerprint density at radius 3 is 1.63 bits per heavy atom. The Labute approximate surface area is 676 Å². The second kappa shape index (κ2) is 53.1. The largest absolute Gasteiger partial charge is 0.481 e. The Morgan fingerprint density at radius 2 is 1.07 bits per heavy atom. The van der Waals surface area contributed by atoms with Gasteiger partial charge in [-0.05, 0) is 80.2 Å². The number of carboxylic acids is 3. The van der Waals surface area contributed by atoms with E-state index in [1.807, 2.05) is 0 Å². The molecule has 39 heteroatoms. The third-order valence-electron chi connectivity index (χ3n) is 20.0. The predicted octanol–water partition coefficient (Wildman–Crippen LogP) is 1.46. The summed E-state index contributed by atoms with van der Waals surface area (Å²) in [6.45, 7) is 13.4. The van der Waals surface area contributed by atoms with Crippen molar-refractivity contribution in [2.24, 2.45) is 81.5 Å². The molecule has 646 valence electrons. The van der Waals surface area contributed by atoms with Crippen LogP contribution < -0.4 is 43.8 Å². The summed E-state index contributed by atoms with van der Waals surface area (Å²) in [6, 6.07) is -0.739. The lowest BCUT2D eigenvalue weighted by Gasteiger charge is -2.39. The highest BCUT2D eigenvalue weighted by atomic mass is 33.1. The van der Waals surface area contributed by atoms with Gasteiger partial charge in [-0.3, -0.25) is 76.7 Å². The van der Waals surface area contributed by atoms with Crippen LogP contribution in [-0.2, 0) is 92.6 Å². The maximum atomic E-state index is 14.9. The number of azide groups is 1. The highest BCUT2D eigenvalue weighted by Crippen LogP contribution is 2.30. The van der Waals surface area contributed by atoms with Crippen molar-refractivity contribution in [2.45, 2.75) is 251 Å². The summed E-state index contributed by atoms with van der Waals surface area (Å²) in [5.74, 6) is -26.2. The number of aliphatic hydroxyl groups excluding tert-OH is 5. The summed E-state index contributed by atoms with van der Waals surface area (Å²) in [6.07, 6.45) is -16.9. The van der Waals surface area contributed by atoms with Gasteiger partial charge in [-0.25, -0.2) is 0 Å². The van der Waals surface area contributed by atoms with E-state index in [1.54, 1.807) is 85.7 Å². The zero-order valence-corrected chi connectivity index (χ0v) is 68.3. The number of amides is 7. The average Bonchev–Trinajstić information content (AvgIpc) is 0.827. The molecule has 7 amide bonds. The molecule has 115 heavy (non-hydrogen) atoms. The molecule has 0 aliphatic carbocycles. The maximum Gasteiger partial charge on any atom is 0.305 e. The lowest BCUT2D eigenvalue weighted by Crippen LogP contribution is -2.59. The van der Waals surface area contributed by atoms with Crippen molar-refractivity contribution >= 4 is 116 Å². The number of hydrogen-bond donors (Lipinski definition) is 16. The number of carbonyl (C=O) groups is 16. The monoisotopic (exact) mass is 1670 g/mol. The van der Waals surface area contributed by atoms with Crippen LogP contribution in [0.2, 0.25) is 0 Å². The Hall–Kier alpha value is -8.37. The molecule has 0 saturated carbocycles. The number of Topliss-reactive ketones (excluding diaryl/α,β-unsaturated/α-hetero) is 6. The molecule has 1 aromatic rings. The minimum Gasteiger partial charge on any atom is -0.481 e. The van der Waals surface area contributed by atoms with Crippen LogP contribution in [-0.4, -0.2) is 239 Å². The minimum absolute atomic E-state index is 0.0601. The lowest BCUT2D eigenvalue weighted by atomic mass is 9.84. The number of carboxylic acid groups (broad SMARTS) is 3. The molecule has 1 aliphatic rings. The second-order valence-corrected chi connectivity index (χ2v) is 32.9. The van der Waals surface area contributed by atoms with Crippen LogP contribution in [0.4, 0.5) is 0 Å². The molecule has 1 aliphatic heterocycles. The Morgan fingerprint density at radius 1 is 0.548 bits per heavy atom. The van der Waals surface area contributed by atoms with Crippen molar-refractivity contribution in [1.29, 1.82) is 0 Å². The van der Waals surface area contributed by atoms with Crippen molar-refractivity contribution in [1.82, 2.24) is 26.6 Å². The normalized spacial score (nSPS) is 19.4. The SMILES string of the molecule is CCC(C)[C@H](CC(=O)[C@H](CC(=O)O)NC(=O)[C@@H](CC(=O)[C@@H](NC(=O)[C@H](CCN=[N+]=[N-])CC(=O)[C@H](Cc1ccccc1)NC(=O)[C@H](CC(=O)O)CC(=O)[C@@H](N)CCC(N)=O)C(C)CC)C(C)O)C(=O)N[C@@H](CSSCCO[C@@H]1OC(CO)[C@H](O)[C@H](O)C1O)C(=O)C[C@@H](CC(C)C)C(=O)N[C@@H](CC(C)C)C(=O)C[C@@H](CCC(=O)O)C(N)=O. The molecule has 20 atom stereocenters. The summed E-state index contributed by atoms with van der Waals surface area (Å²) in [5, 5.41) is 97.6. The van der Waals surface area contributed by atoms with E-state index in [2.05, 4.69) is 36.6 Å². The maximum absolute atomic E-state index is 14.9. The van der Waals surface area contributed by atoms with Crippen LogP contribution in [0.15, 0.2) is 35.4 Å². The topological polar surface area (TPSA) is 640 Å². The number of nitrogens with one attached hydrogen (secondary N) is 5. The third kappa shape index (κ3) is 37.6. The Balaban J connectivity index is 2.61. The Bertz CT molecular complexity index is 3480. The van der Waals surface area contributed by atoms with E-state index in [9.17, 15) is 123 Å². The molecule has 5 unspecified atom stereocenters. The highest BCUT2D eigenvalue weighted by Gasteiger charge is 2.45. The summed E-state index contributed by atoms with van der Waals surface area (Å²) < 4.78 is 11.0. The summed E-state index contributed by atoms with van der Waals surface area (Å²) in [7, 11) is 2.13. The fraction of sp³-hybridized carbons (Fsp3) is 0.711. The van der Waals surface area contributed by atoms with Gasteiger partial charge >= 0.3 is 17.9 Å². The van der Waals surface area contributed by atoms with Crippen molar-refractivity contribution in [3.05, 3.63) is 46.3 Å². The third-order valence-corrected chi connectivity index (χ3v) is 22.4. The van der Waals surface area contributed by atoms with Crippen LogP contribution >= 0.6 is 21.6 Å². The number of carbonyl (C=O) groups excluding carboxylic acids is 13. The molecule has 0 radical (unpaired) electrons. The van der Waals surface area contributed by atoms with E-state index in [-0.39, 0.29) is 94.3 Å². The van der Waals surface area contributed by atoms with Gasteiger partial charge in [0.25, 0.3) is 0 Å². The molecule has 1 saturated heterocycles. The number of ketones is 6. The standard InChI is InChI=1S/C76H119N11O26S2/c1-10-40(7)48(74(110)85-54(37-115-114-24-23-112-76-69(105)68(104)67(103)61(36-88)113-76)58(93)31-46(25-38(3)4)72(108)82-51(26-39(5)6)56(91)28-44(70(79)106)17-20-63(97)98)33-59(94)53(35-65(101)102)84-75(111)49(42(9)89)34-60(95)66(41(8)11-2)86-71(107)45(21-22-81-87-80)29-57(92)52(27-43-15-13-12-14-16-43)83-73(109)47(32-64(99)100)30-55(90)50(77)18-19-62(78)96/h12-16,38-42,44-54,61,66-69,76,88-89,103-105H,10-11,17-37,77H2,1-9H3,(H2,78,96)(H2,79,106)(H,82,108)(H,83,109)(H,84,111)(H,85,110)(H,86,107)(H,97,98)(H,99,100)(H,101,102)/t40?,41?,42?,44-,45-,46-,47+,48+,49+,50+,51+,52+,53+,54+,61?,66+,67+,68+,69?,76-/m1/s1. The van der Waals surface area contributed by atoms with Gasteiger partial charge in [0, 0.05) is 98.0 Å². The first kappa shape index (κ1) is 103. The van der Waals surface area contributed by atoms with Gasteiger partial charge in [0.05, 0.1) is 80.2 Å². The molecule has 1 heterocycles. The highest BCUT2D eigenvalue weighted by molar-refractivity contribution is 8.76. The fourth-order valence-corrected chi connectivity index (χ4v) is 14.9. The van der Waals surface area contributed by atoms with Crippen LogP contribution in [0, 0.1) is 59.2 Å². The quantitative estimate of drug-likeness (QED) is 0.0144. The van der Waals surface area contributed by atoms with Crippen molar-refractivity contribution in [3.8, 4) is 0 Å². The molecule has 19 N–H and O–H groups in total. The van der Waals surface area contributed by atoms with E-state index in [1.165, 1.54) is 0 Å². The zero-order valence-electron chi connectivity index (χ0n) is 66.7. The molecule has 0 aromatic heterocycles. The number of nitrogens with zero attached hydrogens (tertiary/aromatic N) is 3. The van der Waals surface area contributed by atoms with E-state index < -0.39 is 279 Å². The van der Waals surface area contributed by atoms with Crippen LogP contribution in [0.25, 0.3) is 10.4 Å². The summed E-state index contributed by atoms with van der Waals surface area (Å²) in [5.41, 5.74) is 26.4. The Kier molecular flexibility index (Phi) is 47.4. The van der Waals surface area contributed by atoms with Crippen molar-refractivity contribution < 1.29 is 127 Å². The first-order chi connectivity index (χ1) is 54.0. The second-order valence-electron chi connectivity index (χ2n) is 30.3. The predicted molar refractivity (Wildman–Crippen MR) is 418 cm³/mol. The number of ether oxygens (including phenoxy) is 2. The number of hydrogen-bond acceptors (Lipinski definition) is 27. The van der Waals surface area contributed by atoms with Crippen LogP contribution in [0.3, 0.4) is 0 Å².